The first-order valence-corrected chi connectivity index (χ1v) is 6.79. The highest BCUT2D eigenvalue weighted by Crippen LogP contribution is 2.39. The summed E-state index contributed by atoms with van der Waals surface area (Å²) in [7, 11) is 1.37. The summed E-state index contributed by atoms with van der Waals surface area (Å²) in [5.41, 5.74) is -0.764. The van der Waals surface area contributed by atoms with Gasteiger partial charge < -0.3 is 9.47 Å². The molecule has 0 saturated carbocycles. The molecule has 2 heterocycles. The minimum atomic E-state index is -0.764. The minimum absolute atomic E-state index is 0.179. The van der Waals surface area contributed by atoms with Crippen molar-refractivity contribution in [3.05, 3.63) is 0 Å². The van der Waals surface area contributed by atoms with Crippen LogP contribution in [0, 0.1) is 0 Å². The second-order valence-corrected chi connectivity index (χ2v) is 5.02. The van der Waals surface area contributed by atoms with E-state index in [0.29, 0.717) is 23.8 Å². The Hall–Kier alpha value is -0.530. The summed E-state index contributed by atoms with van der Waals surface area (Å²) in [5, 5.41) is 0. The molecule has 0 N–H and O–H groups in total. The number of alkyl halides is 1. The van der Waals surface area contributed by atoms with Crippen LogP contribution < -0.4 is 0 Å². The predicted molar refractivity (Wildman–Crippen MR) is 64.5 cm³/mol. The zero-order chi connectivity index (χ0) is 11.8. The number of carbonyl (C=O) groups excluding carboxylic acids is 2. The van der Waals surface area contributed by atoms with E-state index in [4.69, 9.17) is 9.47 Å². The van der Waals surface area contributed by atoms with E-state index in [9.17, 15) is 9.59 Å². The van der Waals surface area contributed by atoms with Crippen LogP contribution in [-0.2, 0) is 14.3 Å². The van der Waals surface area contributed by atoms with Gasteiger partial charge in [-0.25, -0.2) is 9.59 Å². The summed E-state index contributed by atoms with van der Waals surface area (Å²) in [6.45, 7) is 0.585. The molecule has 16 heavy (non-hydrogen) atoms. The van der Waals surface area contributed by atoms with Gasteiger partial charge in [0.2, 0.25) is 0 Å². The van der Waals surface area contributed by atoms with Crippen LogP contribution in [0.25, 0.3) is 0 Å². The molecule has 2 aliphatic heterocycles. The van der Waals surface area contributed by atoms with Crippen LogP contribution in [0.4, 0.5) is 4.79 Å². The Bertz CT molecular complexity index is 322. The lowest BCUT2D eigenvalue weighted by Gasteiger charge is -2.41. The average molecular weight is 339 g/mol. The van der Waals surface area contributed by atoms with Crippen molar-refractivity contribution in [2.75, 3.05) is 18.1 Å². The fourth-order valence-electron chi connectivity index (χ4n) is 2.55. The summed E-state index contributed by atoms with van der Waals surface area (Å²) in [6.07, 6.45) is 1.51. The van der Waals surface area contributed by atoms with E-state index in [1.807, 2.05) is 0 Å². The van der Waals surface area contributed by atoms with Crippen molar-refractivity contribution in [2.24, 2.45) is 0 Å². The number of halogens is 1. The molecule has 2 rings (SSSR count). The molecule has 6 heteroatoms. The van der Waals surface area contributed by atoms with Crippen LogP contribution in [0.3, 0.4) is 0 Å². The molecule has 0 aromatic rings. The van der Waals surface area contributed by atoms with Crippen molar-refractivity contribution >= 4 is 34.7 Å². The Morgan fingerprint density at radius 3 is 3.12 bits per heavy atom. The second kappa shape index (κ2) is 4.38. The number of esters is 1. The van der Waals surface area contributed by atoms with Gasteiger partial charge >= 0.3 is 12.1 Å². The quantitative estimate of drug-likeness (QED) is 0.433. The summed E-state index contributed by atoms with van der Waals surface area (Å²) < 4.78 is 10.8. The maximum atomic E-state index is 11.9. The van der Waals surface area contributed by atoms with Gasteiger partial charge in [0.1, 0.15) is 11.6 Å². The van der Waals surface area contributed by atoms with Crippen molar-refractivity contribution in [1.29, 1.82) is 0 Å². The van der Waals surface area contributed by atoms with Crippen LogP contribution >= 0.6 is 22.6 Å². The van der Waals surface area contributed by atoms with Crippen LogP contribution in [0.5, 0.6) is 0 Å². The molecule has 0 bridgehead atoms. The topological polar surface area (TPSA) is 55.8 Å². The molecule has 1 amide bonds. The molecule has 0 unspecified atom stereocenters. The SMILES string of the molecule is COC(=O)[C@]12CCCN1C(=O)O[C@@H](CI)C2. The fourth-order valence-corrected chi connectivity index (χ4v) is 3.04. The second-order valence-electron chi connectivity index (χ2n) is 4.14. The molecule has 0 spiro atoms. The van der Waals surface area contributed by atoms with Gasteiger partial charge in [0.15, 0.2) is 0 Å². The number of ether oxygens (including phenoxy) is 2. The standard InChI is InChI=1S/C10H14INO4/c1-15-8(13)10-3-2-4-12(10)9(14)16-7(5-10)6-11/h7H,2-6H2,1H3/t7-,10-/m1/s1. The maximum Gasteiger partial charge on any atom is 0.411 e. The van der Waals surface area contributed by atoms with Gasteiger partial charge in [-0.2, -0.15) is 0 Å². The van der Waals surface area contributed by atoms with E-state index in [-0.39, 0.29) is 18.2 Å². The molecule has 0 aromatic carbocycles. The number of rotatable bonds is 2. The van der Waals surface area contributed by atoms with Crippen molar-refractivity contribution in [3.63, 3.8) is 0 Å². The molecule has 2 atom stereocenters. The molecule has 2 aliphatic rings. The van der Waals surface area contributed by atoms with Gasteiger partial charge in [0.25, 0.3) is 0 Å². The molecule has 5 nitrogen and oxygen atoms in total. The summed E-state index contributed by atoms with van der Waals surface area (Å²) in [5.74, 6) is -0.309. The molecule has 90 valence electrons. The largest absolute Gasteiger partial charge is 0.467 e. The highest BCUT2D eigenvalue weighted by atomic mass is 127. The monoisotopic (exact) mass is 339 g/mol. The minimum Gasteiger partial charge on any atom is -0.467 e. The molecule has 2 fully saturated rings. The lowest BCUT2D eigenvalue weighted by molar-refractivity contribution is -0.158. The maximum absolute atomic E-state index is 11.9. The van der Waals surface area contributed by atoms with E-state index < -0.39 is 5.54 Å². The van der Waals surface area contributed by atoms with E-state index in [1.165, 1.54) is 12.0 Å². The van der Waals surface area contributed by atoms with Gasteiger partial charge in [-0.15, -0.1) is 0 Å². The Balaban J connectivity index is 2.30. The molecular formula is C10H14INO4. The summed E-state index contributed by atoms with van der Waals surface area (Å²) >= 11 is 2.16. The fraction of sp³-hybridized carbons (Fsp3) is 0.800. The first-order chi connectivity index (χ1) is 7.64. The van der Waals surface area contributed by atoms with E-state index in [0.717, 1.165) is 6.42 Å². The van der Waals surface area contributed by atoms with Crippen molar-refractivity contribution in [2.45, 2.75) is 30.9 Å². The third kappa shape index (κ3) is 1.66. The van der Waals surface area contributed by atoms with Crippen LogP contribution in [0.1, 0.15) is 19.3 Å². The summed E-state index contributed by atoms with van der Waals surface area (Å²) in [6, 6.07) is 0. The Kier molecular flexibility index (Phi) is 3.27. The lowest BCUT2D eigenvalue weighted by atomic mass is 9.88. The zero-order valence-corrected chi connectivity index (χ0v) is 11.2. The van der Waals surface area contributed by atoms with Gasteiger partial charge in [-0.1, -0.05) is 22.6 Å². The van der Waals surface area contributed by atoms with Crippen LogP contribution in [0.15, 0.2) is 0 Å². The van der Waals surface area contributed by atoms with Crippen molar-refractivity contribution < 1.29 is 19.1 Å². The highest BCUT2D eigenvalue weighted by molar-refractivity contribution is 14.1. The van der Waals surface area contributed by atoms with E-state index in [2.05, 4.69) is 22.6 Å². The number of hydrogen-bond donors (Lipinski definition) is 0. The van der Waals surface area contributed by atoms with Crippen molar-refractivity contribution in [1.82, 2.24) is 4.90 Å². The number of methoxy groups -OCH3 is 1. The first kappa shape index (κ1) is 11.9. The number of fused-ring (bicyclic) bond motifs is 1. The van der Waals surface area contributed by atoms with Gasteiger partial charge in [0, 0.05) is 17.4 Å². The first-order valence-electron chi connectivity index (χ1n) is 5.26. The lowest BCUT2D eigenvalue weighted by Crippen LogP contribution is -2.60. The Morgan fingerprint density at radius 1 is 1.75 bits per heavy atom. The highest BCUT2D eigenvalue weighted by Gasteiger charge is 2.55. The third-order valence-electron chi connectivity index (χ3n) is 3.28. The predicted octanol–water partition coefficient (Wildman–Crippen LogP) is 1.34. The molecule has 0 aliphatic carbocycles. The number of amides is 1. The number of cyclic esters (lactones) is 1. The Labute approximate surface area is 108 Å². The third-order valence-corrected chi connectivity index (χ3v) is 4.26. The number of carbonyl (C=O) groups is 2. The van der Waals surface area contributed by atoms with Gasteiger partial charge in [-0.05, 0) is 12.8 Å². The summed E-state index contributed by atoms with van der Waals surface area (Å²) in [4.78, 5) is 25.2. The normalized spacial score (nSPS) is 33.2. The molecule has 2 saturated heterocycles. The molecule has 0 radical (unpaired) electrons. The van der Waals surface area contributed by atoms with Crippen molar-refractivity contribution in [3.8, 4) is 0 Å². The van der Waals surface area contributed by atoms with Crippen LogP contribution in [-0.4, -0.2) is 46.7 Å². The molecule has 0 aromatic heterocycles. The Morgan fingerprint density at radius 2 is 2.50 bits per heavy atom. The van der Waals surface area contributed by atoms with E-state index >= 15 is 0 Å². The van der Waals surface area contributed by atoms with E-state index in [1.54, 1.807) is 0 Å². The number of nitrogens with zero attached hydrogens (tertiary/aromatic N) is 1. The van der Waals surface area contributed by atoms with Gasteiger partial charge in [0.05, 0.1) is 7.11 Å². The van der Waals surface area contributed by atoms with Gasteiger partial charge in [-0.3, -0.25) is 4.90 Å². The average Bonchev–Trinajstić information content (AvgIpc) is 2.73. The molecular weight excluding hydrogens is 325 g/mol. The zero-order valence-electron chi connectivity index (χ0n) is 9.07. The number of hydrogen-bond acceptors (Lipinski definition) is 4. The smallest absolute Gasteiger partial charge is 0.411 e. The van der Waals surface area contributed by atoms with Crippen LogP contribution in [0.2, 0.25) is 0 Å².